The van der Waals surface area contributed by atoms with Crippen LogP contribution in [-0.2, 0) is 12.8 Å². The average molecular weight is 295 g/mol. The van der Waals surface area contributed by atoms with Gasteiger partial charge in [0.15, 0.2) is 0 Å². The van der Waals surface area contributed by atoms with Crippen LogP contribution < -0.4 is 5.32 Å². The minimum atomic E-state index is 0.329. The fourth-order valence-electron chi connectivity index (χ4n) is 2.08. The number of nitrogens with zero attached hydrogens (tertiary/aromatic N) is 1. The number of aryl methyl sites for hydroxylation is 1. The molecule has 0 saturated carbocycles. The van der Waals surface area contributed by atoms with Crippen molar-refractivity contribution in [1.82, 2.24) is 10.3 Å². The standard InChI is InChI=1S/C15H19ClN2S/c1-3-12-5-6-15(19-12)14(18-4-2)9-11-7-8-17-10-13(11)16/h5-8,10,14,18H,3-4,9H2,1-2H3. The number of nitrogens with one attached hydrogen (secondary N) is 1. The molecule has 0 fully saturated rings. The molecule has 0 aliphatic carbocycles. The number of thiophene rings is 1. The molecule has 1 atom stereocenters. The van der Waals surface area contributed by atoms with Crippen LogP contribution in [0.4, 0.5) is 0 Å². The lowest BCUT2D eigenvalue weighted by Crippen LogP contribution is -2.22. The lowest BCUT2D eigenvalue weighted by atomic mass is 10.1. The second-order valence-corrected chi connectivity index (χ2v) is 6.05. The van der Waals surface area contributed by atoms with E-state index in [1.807, 2.05) is 17.4 Å². The van der Waals surface area contributed by atoms with E-state index in [1.54, 1.807) is 12.4 Å². The summed E-state index contributed by atoms with van der Waals surface area (Å²) in [5.41, 5.74) is 1.15. The molecule has 1 unspecified atom stereocenters. The van der Waals surface area contributed by atoms with Crippen molar-refractivity contribution < 1.29 is 0 Å². The van der Waals surface area contributed by atoms with Crippen molar-refractivity contribution in [3.8, 4) is 0 Å². The zero-order valence-corrected chi connectivity index (χ0v) is 12.9. The van der Waals surface area contributed by atoms with Gasteiger partial charge in [-0.25, -0.2) is 0 Å². The minimum absolute atomic E-state index is 0.329. The van der Waals surface area contributed by atoms with E-state index < -0.39 is 0 Å². The number of pyridine rings is 1. The van der Waals surface area contributed by atoms with E-state index in [4.69, 9.17) is 11.6 Å². The third kappa shape index (κ3) is 3.78. The maximum absolute atomic E-state index is 6.20. The van der Waals surface area contributed by atoms with E-state index in [0.29, 0.717) is 6.04 Å². The summed E-state index contributed by atoms with van der Waals surface area (Å²) >= 11 is 8.09. The number of halogens is 1. The molecule has 0 bridgehead atoms. The van der Waals surface area contributed by atoms with E-state index in [0.717, 1.165) is 30.0 Å². The van der Waals surface area contributed by atoms with Crippen molar-refractivity contribution in [3.63, 3.8) is 0 Å². The van der Waals surface area contributed by atoms with Gasteiger partial charge in [0.25, 0.3) is 0 Å². The highest BCUT2D eigenvalue weighted by Crippen LogP contribution is 2.28. The van der Waals surface area contributed by atoms with Gasteiger partial charge in [0.2, 0.25) is 0 Å². The topological polar surface area (TPSA) is 24.9 Å². The molecule has 102 valence electrons. The molecule has 0 aliphatic rings. The molecule has 2 rings (SSSR count). The highest BCUT2D eigenvalue weighted by molar-refractivity contribution is 7.12. The largest absolute Gasteiger partial charge is 0.309 e. The average Bonchev–Trinajstić information content (AvgIpc) is 2.89. The van der Waals surface area contributed by atoms with Crippen LogP contribution in [-0.4, -0.2) is 11.5 Å². The van der Waals surface area contributed by atoms with Gasteiger partial charge in [-0.2, -0.15) is 0 Å². The van der Waals surface area contributed by atoms with Gasteiger partial charge in [-0.05, 0) is 43.1 Å². The summed E-state index contributed by atoms with van der Waals surface area (Å²) in [5.74, 6) is 0. The first-order valence-electron chi connectivity index (χ1n) is 6.65. The number of rotatable bonds is 6. The van der Waals surface area contributed by atoms with Gasteiger partial charge in [-0.3, -0.25) is 4.98 Å². The fraction of sp³-hybridized carbons (Fsp3) is 0.400. The van der Waals surface area contributed by atoms with Crippen molar-refractivity contribution in [1.29, 1.82) is 0 Å². The molecule has 1 N–H and O–H groups in total. The SMILES string of the molecule is CCNC(Cc1ccncc1Cl)c1ccc(CC)s1. The molecular formula is C15H19ClN2S. The first-order valence-corrected chi connectivity index (χ1v) is 7.84. The summed E-state index contributed by atoms with van der Waals surface area (Å²) in [7, 11) is 0. The Balaban J connectivity index is 2.18. The highest BCUT2D eigenvalue weighted by atomic mass is 35.5. The van der Waals surface area contributed by atoms with Gasteiger partial charge in [0, 0.05) is 28.2 Å². The Kier molecular flexibility index (Phi) is 5.37. The van der Waals surface area contributed by atoms with Crippen LogP contribution in [0, 0.1) is 0 Å². The lowest BCUT2D eigenvalue weighted by Gasteiger charge is -2.17. The predicted molar refractivity (Wildman–Crippen MR) is 83.1 cm³/mol. The molecular weight excluding hydrogens is 276 g/mol. The second kappa shape index (κ2) is 7.04. The molecule has 19 heavy (non-hydrogen) atoms. The maximum Gasteiger partial charge on any atom is 0.0622 e. The normalized spacial score (nSPS) is 12.6. The Hall–Kier alpha value is -0.900. The van der Waals surface area contributed by atoms with Gasteiger partial charge >= 0.3 is 0 Å². The summed E-state index contributed by atoms with van der Waals surface area (Å²) in [6.07, 6.45) is 5.51. The Morgan fingerprint density at radius 3 is 2.79 bits per heavy atom. The Labute approximate surface area is 123 Å². The van der Waals surface area contributed by atoms with Gasteiger partial charge in [0.1, 0.15) is 0 Å². The first-order chi connectivity index (χ1) is 9.24. The van der Waals surface area contributed by atoms with Crippen LogP contribution >= 0.6 is 22.9 Å². The molecule has 2 nitrogen and oxygen atoms in total. The number of likely N-dealkylation sites (N-methyl/N-ethyl adjacent to an activating group) is 1. The molecule has 2 aromatic rings. The number of aromatic nitrogens is 1. The molecule has 0 aliphatic heterocycles. The van der Waals surface area contributed by atoms with Crippen LogP contribution in [0.15, 0.2) is 30.6 Å². The monoisotopic (exact) mass is 294 g/mol. The van der Waals surface area contributed by atoms with Crippen molar-refractivity contribution in [3.05, 3.63) is 50.9 Å². The van der Waals surface area contributed by atoms with E-state index in [9.17, 15) is 0 Å². The summed E-state index contributed by atoms with van der Waals surface area (Å²) in [4.78, 5) is 6.85. The van der Waals surface area contributed by atoms with Gasteiger partial charge in [-0.1, -0.05) is 25.4 Å². The van der Waals surface area contributed by atoms with Crippen molar-refractivity contribution in [2.45, 2.75) is 32.7 Å². The van der Waals surface area contributed by atoms with Gasteiger partial charge in [-0.15, -0.1) is 11.3 Å². The second-order valence-electron chi connectivity index (χ2n) is 4.44. The molecule has 2 heterocycles. The van der Waals surface area contributed by atoms with Crippen LogP contribution in [0.25, 0.3) is 0 Å². The lowest BCUT2D eigenvalue weighted by molar-refractivity contribution is 0.558. The molecule has 0 amide bonds. The maximum atomic E-state index is 6.20. The first kappa shape index (κ1) is 14.5. The van der Waals surface area contributed by atoms with E-state index in [2.05, 4.69) is 36.3 Å². The summed E-state index contributed by atoms with van der Waals surface area (Å²) in [6.45, 7) is 5.28. The van der Waals surface area contributed by atoms with Crippen LogP contribution in [0.3, 0.4) is 0 Å². The van der Waals surface area contributed by atoms with Gasteiger partial charge < -0.3 is 5.32 Å². The summed E-state index contributed by atoms with van der Waals surface area (Å²) in [5, 5.41) is 4.29. The van der Waals surface area contributed by atoms with Crippen molar-refractivity contribution in [2.24, 2.45) is 0 Å². The van der Waals surface area contributed by atoms with Crippen molar-refractivity contribution >= 4 is 22.9 Å². The van der Waals surface area contributed by atoms with Crippen molar-refractivity contribution in [2.75, 3.05) is 6.54 Å². The Morgan fingerprint density at radius 1 is 1.32 bits per heavy atom. The highest BCUT2D eigenvalue weighted by Gasteiger charge is 2.15. The van der Waals surface area contributed by atoms with E-state index >= 15 is 0 Å². The summed E-state index contributed by atoms with van der Waals surface area (Å²) in [6, 6.07) is 6.78. The smallest absolute Gasteiger partial charge is 0.0622 e. The number of hydrogen-bond donors (Lipinski definition) is 1. The molecule has 0 saturated heterocycles. The molecule has 0 aromatic carbocycles. The molecule has 2 aromatic heterocycles. The minimum Gasteiger partial charge on any atom is -0.309 e. The van der Waals surface area contributed by atoms with Crippen LogP contribution in [0.5, 0.6) is 0 Å². The zero-order chi connectivity index (χ0) is 13.7. The Morgan fingerprint density at radius 2 is 2.16 bits per heavy atom. The Bertz CT molecular complexity index is 524. The predicted octanol–water partition coefficient (Wildman–Crippen LogP) is 4.25. The quantitative estimate of drug-likeness (QED) is 0.861. The zero-order valence-electron chi connectivity index (χ0n) is 11.3. The fourth-order valence-corrected chi connectivity index (χ4v) is 3.31. The van der Waals surface area contributed by atoms with Crippen LogP contribution in [0.1, 0.15) is 35.2 Å². The van der Waals surface area contributed by atoms with E-state index in [1.165, 1.54) is 9.75 Å². The third-order valence-corrected chi connectivity index (χ3v) is 4.79. The van der Waals surface area contributed by atoms with Gasteiger partial charge in [0.05, 0.1) is 5.02 Å². The van der Waals surface area contributed by atoms with E-state index in [-0.39, 0.29) is 0 Å². The molecule has 0 spiro atoms. The third-order valence-electron chi connectivity index (χ3n) is 3.11. The molecule has 0 radical (unpaired) electrons. The van der Waals surface area contributed by atoms with Crippen LogP contribution in [0.2, 0.25) is 5.02 Å². The summed E-state index contributed by atoms with van der Waals surface area (Å²) < 4.78 is 0. The molecule has 4 heteroatoms. The number of hydrogen-bond acceptors (Lipinski definition) is 3.